The van der Waals surface area contributed by atoms with Gasteiger partial charge in [0.1, 0.15) is 5.75 Å². The number of carbonyl (C=O) groups excluding carboxylic acids is 1. The van der Waals surface area contributed by atoms with Crippen molar-refractivity contribution >= 4 is 17.3 Å². The van der Waals surface area contributed by atoms with Gasteiger partial charge in [-0.05, 0) is 26.3 Å². The van der Waals surface area contributed by atoms with Crippen molar-refractivity contribution in [3.05, 3.63) is 18.2 Å². The Labute approximate surface area is 120 Å². The Balaban J connectivity index is 2.98. The topological polar surface area (TPSA) is 81.6 Å². The first-order valence-electron chi connectivity index (χ1n) is 7.02. The molecule has 1 amide bonds. The van der Waals surface area contributed by atoms with E-state index in [4.69, 9.17) is 16.2 Å². The summed E-state index contributed by atoms with van der Waals surface area (Å²) in [7, 11) is 0. The van der Waals surface area contributed by atoms with Crippen LogP contribution in [-0.4, -0.2) is 25.1 Å². The molecule has 0 aliphatic carbocycles. The molecule has 0 aliphatic heterocycles. The molecule has 0 bridgehead atoms. The molecule has 1 aromatic carbocycles. The summed E-state index contributed by atoms with van der Waals surface area (Å²) >= 11 is 0. The first kappa shape index (κ1) is 16.1. The lowest BCUT2D eigenvalue weighted by atomic mass is 10.2. The van der Waals surface area contributed by atoms with Crippen LogP contribution in [0.1, 0.15) is 33.6 Å². The van der Waals surface area contributed by atoms with Crippen LogP contribution in [0, 0.1) is 0 Å². The monoisotopic (exact) mass is 279 g/mol. The van der Waals surface area contributed by atoms with E-state index in [1.54, 1.807) is 6.07 Å². The number of carbonyl (C=O) groups is 1. The minimum Gasteiger partial charge on any atom is -0.491 e. The number of ether oxygens (including phenoxy) is 1. The SMILES string of the molecule is CCCCN(CC(N)=O)c1cc(N)cc(OC(C)C)c1. The van der Waals surface area contributed by atoms with E-state index in [1.165, 1.54) is 0 Å². The number of nitrogen functional groups attached to an aromatic ring is 1. The van der Waals surface area contributed by atoms with Crippen molar-refractivity contribution < 1.29 is 9.53 Å². The van der Waals surface area contributed by atoms with Crippen LogP contribution in [0.25, 0.3) is 0 Å². The molecule has 0 aliphatic rings. The molecule has 1 aromatic rings. The van der Waals surface area contributed by atoms with Crippen molar-refractivity contribution in [1.29, 1.82) is 0 Å². The Bertz CT molecular complexity index is 447. The van der Waals surface area contributed by atoms with Crippen LogP contribution >= 0.6 is 0 Å². The number of unbranched alkanes of at least 4 members (excludes halogenated alkanes) is 1. The fraction of sp³-hybridized carbons (Fsp3) is 0.533. The summed E-state index contributed by atoms with van der Waals surface area (Å²) in [6, 6.07) is 5.52. The van der Waals surface area contributed by atoms with Gasteiger partial charge in [-0.15, -0.1) is 0 Å². The van der Waals surface area contributed by atoms with Crippen LogP contribution in [0.15, 0.2) is 18.2 Å². The van der Waals surface area contributed by atoms with Gasteiger partial charge in [0, 0.05) is 30.1 Å². The zero-order chi connectivity index (χ0) is 15.1. The van der Waals surface area contributed by atoms with Crippen molar-refractivity contribution in [2.75, 3.05) is 23.7 Å². The zero-order valence-electron chi connectivity index (χ0n) is 12.6. The summed E-state index contributed by atoms with van der Waals surface area (Å²) in [6.45, 7) is 6.98. The maximum Gasteiger partial charge on any atom is 0.236 e. The Morgan fingerprint density at radius 2 is 2.05 bits per heavy atom. The molecule has 0 saturated heterocycles. The van der Waals surface area contributed by atoms with Crippen LogP contribution < -0.4 is 21.1 Å². The average Bonchev–Trinajstić information content (AvgIpc) is 2.32. The summed E-state index contributed by atoms with van der Waals surface area (Å²) in [4.78, 5) is 13.2. The van der Waals surface area contributed by atoms with Gasteiger partial charge in [-0.1, -0.05) is 13.3 Å². The second kappa shape index (κ2) is 7.62. The molecule has 0 aromatic heterocycles. The highest BCUT2D eigenvalue weighted by atomic mass is 16.5. The van der Waals surface area contributed by atoms with Gasteiger partial charge in [0.15, 0.2) is 0 Å². The molecule has 0 heterocycles. The van der Waals surface area contributed by atoms with Gasteiger partial charge in [-0.3, -0.25) is 4.79 Å². The first-order chi connectivity index (χ1) is 9.42. The molecule has 112 valence electrons. The largest absolute Gasteiger partial charge is 0.491 e. The van der Waals surface area contributed by atoms with E-state index in [2.05, 4.69) is 6.92 Å². The summed E-state index contributed by atoms with van der Waals surface area (Å²) < 4.78 is 5.67. The lowest BCUT2D eigenvalue weighted by molar-refractivity contribution is -0.116. The number of amides is 1. The Kier molecular flexibility index (Phi) is 6.15. The molecule has 0 unspecified atom stereocenters. The van der Waals surface area contributed by atoms with Gasteiger partial charge in [-0.25, -0.2) is 0 Å². The predicted molar refractivity (Wildman–Crippen MR) is 82.9 cm³/mol. The Morgan fingerprint density at radius 1 is 1.35 bits per heavy atom. The van der Waals surface area contributed by atoms with Gasteiger partial charge in [0.05, 0.1) is 12.6 Å². The molecule has 0 atom stereocenters. The van der Waals surface area contributed by atoms with Crippen molar-refractivity contribution in [2.45, 2.75) is 39.7 Å². The number of hydrogen-bond acceptors (Lipinski definition) is 4. The number of anilines is 2. The number of nitrogens with zero attached hydrogens (tertiary/aromatic N) is 1. The smallest absolute Gasteiger partial charge is 0.236 e. The Morgan fingerprint density at radius 3 is 2.60 bits per heavy atom. The molecule has 1 rings (SSSR count). The highest BCUT2D eigenvalue weighted by Gasteiger charge is 2.11. The third kappa shape index (κ3) is 5.38. The van der Waals surface area contributed by atoms with Gasteiger partial charge in [0.25, 0.3) is 0 Å². The molecule has 20 heavy (non-hydrogen) atoms. The molecule has 4 N–H and O–H groups in total. The normalized spacial score (nSPS) is 10.6. The van der Waals surface area contributed by atoms with Crippen LogP contribution in [-0.2, 0) is 4.79 Å². The molecular weight excluding hydrogens is 254 g/mol. The van der Waals surface area contributed by atoms with Crippen molar-refractivity contribution in [1.82, 2.24) is 0 Å². The highest BCUT2D eigenvalue weighted by Crippen LogP contribution is 2.26. The maximum absolute atomic E-state index is 11.2. The van der Waals surface area contributed by atoms with Crippen molar-refractivity contribution in [2.24, 2.45) is 5.73 Å². The van der Waals surface area contributed by atoms with Gasteiger partial charge < -0.3 is 21.1 Å². The van der Waals surface area contributed by atoms with Crippen LogP contribution in [0.3, 0.4) is 0 Å². The highest BCUT2D eigenvalue weighted by molar-refractivity contribution is 5.80. The molecule has 5 nitrogen and oxygen atoms in total. The molecule has 5 heteroatoms. The summed E-state index contributed by atoms with van der Waals surface area (Å²) in [5.41, 5.74) is 12.7. The van der Waals surface area contributed by atoms with E-state index >= 15 is 0 Å². The standard InChI is InChI=1S/C15H25N3O2/c1-4-5-6-18(10-15(17)19)13-7-12(16)8-14(9-13)20-11(2)3/h7-9,11H,4-6,10,16H2,1-3H3,(H2,17,19). The molecule has 0 fully saturated rings. The van der Waals surface area contributed by atoms with E-state index in [-0.39, 0.29) is 18.6 Å². The lowest BCUT2D eigenvalue weighted by Crippen LogP contribution is -2.34. The fourth-order valence-electron chi connectivity index (χ4n) is 1.97. The van der Waals surface area contributed by atoms with Crippen LogP contribution in [0.2, 0.25) is 0 Å². The maximum atomic E-state index is 11.2. The second-order valence-corrected chi connectivity index (χ2v) is 5.17. The summed E-state index contributed by atoms with van der Waals surface area (Å²) in [5, 5.41) is 0. The number of primary amides is 1. The zero-order valence-corrected chi connectivity index (χ0v) is 12.6. The number of rotatable bonds is 8. The van der Waals surface area contributed by atoms with Crippen molar-refractivity contribution in [3.63, 3.8) is 0 Å². The molecular formula is C15H25N3O2. The molecule has 0 spiro atoms. The number of benzene rings is 1. The third-order valence-electron chi connectivity index (χ3n) is 2.78. The van der Waals surface area contributed by atoms with E-state index in [0.29, 0.717) is 11.4 Å². The van der Waals surface area contributed by atoms with E-state index < -0.39 is 0 Å². The first-order valence-corrected chi connectivity index (χ1v) is 7.02. The molecule has 0 saturated carbocycles. The lowest BCUT2D eigenvalue weighted by Gasteiger charge is -2.24. The quantitative estimate of drug-likeness (QED) is 0.714. The van der Waals surface area contributed by atoms with E-state index in [9.17, 15) is 4.79 Å². The minimum atomic E-state index is -0.352. The number of hydrogen-bond donors (Lipinski definition) is 2. The number of nitrogens with two attached hydrogens (primary N) is 2. The van der Waals surface area contributed by atoms with Gasteiger partial charge in [0.2, 0.25) is 5.91 Å². The summed E-state index contributed by atoms with van der Waals surface area (Å²) in [5.74, 6) is 0.357. The second-order valence-electron chi connectivity index (χ2n) is 5.17. The van der Waals surface area contributed by atoms with Crippen molar-refractivity contribution in [3.8, 4) is 5.75 Å². The minimum absolute atomic E-state index is 0.0740. The van der Waals surface area contributed by atoms with E-state index in [0.717, 1.165) is 25.1 Å². The Hall–Kier alpha value is -1.91. The van der Waals surface area contributed by atoms with Gasteiger partial charge >= 0.3 is 0 Å². The third-order valence-corrected chi connectivity index (χ3v) is 2.78. The summed E-state index contributed by atoms with van der Waals surface area (Å²) in [6.07, 6.45) is 2.11. The molecule has 0 radical (unpaired) electrons. The van der Waals surface area contributed by atoms with Crippen LogP contribution in [0.5, 0.6) is 5.75 Å². The fourth-order valence-corrected chi connectivity index (χ4v) is 1.97. The van der Waals surface area contributed by atoms with Gasteiger partial charge in [-0.2, -0.15) is 0 Å². The predicted octanol–water partition coefficient (Wildman–Crippen LogP) is 2.15. The van der Waals surface area contributed by atoms with Crippen LogP contribution in [0.4, 0.5) is 11.4 Å². The van der Waals surface area contributed by atoms with E-state index in [1.807, 2.05) is 30.9 Å². The average molecular weight is 279 g/mol.